The van der Waals surface area contributed by atoms with Crippen LogP contribution in [0.1, 0.15) is 35.2 Å². The molecule has 0 saturated heterocycles. The molecule has 1 aliphatic carbocycles. The highest BCUT2D eigenvalue weighted by Gasteiger charge is 2.25. The first kappa shape index (κ1) is 14.0. The number of hydrogen-bond acceptors (Lipinski definition) is 3. The molecule has 2 atom stereocenters. The molecule has 0 aliphatic heterocycles. The van der Waals surface area contributed by atoms with Crippen molar-refractivity contribution in [3.05, 3.63) is 35.4 Å². The third-order valence-electron chi connectivity index (χ3n) is 3.64. The van der Waals surface area contributed by atoms with Crippen LogP contribution in [0.3, 0.4) is 0 Å². The number of carbonyl (C=O) groups is 1. The second kappa shape index (κ2) is 6.68. The van der Waals surface area contributed by atoms with Crippen LogP contribution in [0, 0.1) is 5.92 Å². The molecule has 4 nitrogen and oxygen atoms in total. The van der Waals surface area contributed by atoms with Crippen molar-refractivity contribution in [1.29, 1.82) is 0 Å². The molecule has 1 saturated carbocycles. The maximum Gasteiger partial charge on any atom is 0.251 e. The van der Waals surface area contributed by atoms with Gasteiger partial charge in [-0.15, -0.1) is 0 Å². The SMILES string of the molecule is COCc1cccc(C(=O)NCC2CCCC2O)c1. The van der Waals surface area contributed by atoms with Gasteiger partial charge in [-0.3, -0.25) is 4.79 Å². The van der Waals surface area contributed by atoms with Crippen LogP contribution in [0.2, 0.25) is 0 Å². The highest BCUT2D eigenvalue weighted by atomic mass is 16.5. The predicted molar refractivity (Wildman–Crippen MR) is 72.8 cm³/mol. The fourth-order valence-corrected chi connectivity index (χ4v) is 2.55. The van der Waals surface area contributed by atoms with Gasteiger partial charge in [0.1, 0.15) is 0 Å². The van der Waals surface area contributed by atoms with E-state index in [1.54, 1.807) is 13.2 Å². The molecule has 0 aromatic heterocycles. The molecule has 2 unspecified atom stereocenters. The van der Waals surface area contributed by atoms with E-state index in [9.17, 15) is 9.90 Å². The molecule has 0 heterocycles. The second-order valence-electron chi connectivity index (χ2n) is 5.10. The number of aliphatic hydroxyl groups excluding tert-OH is 1. The van der Waals surface area contributed by atoms with Crippen molar-refractivity contribution >= 4 is 5.91 Å². The number of benzene rings is 1. The van der Waals surface area contributed by atoms with Gasteiger partial charge in [0.25, 0.3) is 5.91 Å². The summed E-state index contributed by atoms with van der Waals surface area (Å²) in [5, 5.41) is 12.6. The molecule has 19 heavy (non-hydrogen) atoms. The summed E-state index contributed by atoms with van der Waals surface area (Å²) in [7, 11) is 1.63. The number of methoxy groups -OCH3 is 1. The van der Waals surface area contributed by atoms with Crippen molar-refractivity contribution in [2.75, 3.05) is 13.7 Å². The summed E-state index contributed by atoms with van der Waals surface area (Å²) >= 11 is 0. The first-order valence-electron chi connectivity index (χ1n) is 6.75. The minimum Gasteiger partial charge on any atom is -0.393 e. The number of hydrogen-bond donors (Lipinski definition) is 2. The van der Waals surface area contributed by atoms with Crippen molar-refractivity contribution in [1.82, 2.24) is 5.32 Å². The minimum absolute atomic E-state index is 0.0861. The van der Waals surface area contributed by atoms with Gasteiger partial charge in [-0.25, -0.2) is 0 Å². The minimum atomic E-state index is -0.264. The average molecular weight is 263 g/mol. The molecule has 1 fully saturated rings. The van der Waals surface area contributed by atoms with Crippen LogP contribution < -0.4 is 5.32 Å². The lowest BCUT2D eigenvalue weighted by molar-refractivity contribution is 0.0916. The molecule has 0 bridgehead atoms. The Labute approximate surface area is 113 Å². The Kier molecular flexibility index (Phi) is 4.93. The number of amides is 1. The van der Waals surface area contributed by atoms with Crippen LogP contribution in [-0.2, 0) is 11.3 Å². The summed E-state index contributed by atoms with van der Waals surface area (Å²) in [6.07, 6.45) is 2.63. The lowest BCUT2D eigenvalue weighted by Gasteiger charge is -2.15. The zero-order valence-corrected chi connectivity index (χ0v) is 11.3. The summed E-state index contributed by atoms with van der Waals surface area (Å²) in [4.78, 5) is 12.0. The lowest BCUT2D eigenvalue weighted by Crippen LogP contribution is -2.32. The van der Waals surface area contributed by atoms with Crippen molar-refractivity contribution < 1.29 is 14.6 Å². The Morgan fingerprint density at radius 3 is 3.00 bits per heavy atom. The Bertz CT molecular complexity index is 433. The average Bonchev–Trinajstić information content (AvgIpc) is 2.82. The van der Waals surface area contributed by atoms with E-state index in [-0.39, 0.29) is 17.9 Å². The van der Waals surface area contributed by atoms with Crippen molar-refractivity contribution in [2.45, 2.75) is 32.0 Å². The van der Waals surface area contributed by atoms with E-state index in [0.29, 0.717) is 18.7 Å². The molecule has 1 aliphatic rings. The van der Waals surface area contributed by atoms with Crippen molar-refractivity contribution in [3.63, 3.8) is 0 Å². The number of aliphatic hydroxyl groups is 1. The van der Waals surface area contributed by atoms with Crippen LogP contribution in [0.15, 0.2) is 24.3 Å². The van der Waals surface area contributed by atoms with Crippen LogP contribution in [-0.4, -0.2) is 30.8 Å². The first-order valence-corrected chi connectivity index (χ1v) is 6.75. The third-order valence-corrected chi connectivity index (χ3v) is 3.64. The van der Waals surface area contributed by atoms with Gasteiger partial charge in [0, 0.05) is 25.1 Å². The molecular formula is C15H21NO3. The van der Waals surface area contributed by atoms with Gasteiger partial charge >= 0.3 is 0 Å². The lowest BCUT2D eigenvalue weighted by atomic mass is 10.1. The molecule has 2 N–H and O–H groups in total. The van der Waals surface area contributed by atoms with Gasteiger partial charge in [0.15, 0.2) is 0 Å². The van der Waals surface area contributed by atoms with Gasteiger partial charge < -0.3 is 15.2 Å². The van der Waals surface area contributed by atoms with Crippen LogP contribution in [0.5, 0.6) is 0 Å². The standard InChI is InChI=1S/C15H21NO3/c1-19-10-11-4-2-5-12(8-11)15(18)16-9-13-6-3-7-14(13)17/h2,4-5,8,13-14,17H,3,6-7,9-10H2,1H3,(H,16,18). The third kappa shape index (κ3) is 3.78. The van der Waals surface area contributed by atoms with Crippen LogP contribution in [0.4, 0.5) is 0 Å². The number of ether oxygens (including phenoxy) is 1. The molecule has 0 radical (unpaired) electrons. The topological polar surface area (TPSA) is 58.6 Å². The summed E-state index contributed by atoms with van der Waals surface area (Å²) in [5.74, 6) is 0.114. The Hall–Kier alpha value is -1.39. The van der Waals surface area contributed by atoms with Crippen LogP contribution >= 0.6 is 0 Å². The fraction of sp³-hybridized carbons (Fsp3) is 0.533. The van der Waals surface area contributed by atoms with Gasteiger partial charge in [-0.05, 0) is 30.5 Å². The largest absolute Gasteiger partial charge is 0.393 e. The Morgan fingerprint density at radius 2 is 2.32 bits per heavy atom. The fourth-order valence-electron chi connectivity index (χ4n) is 2.55. The smallest absolute Gasteiger partial charge is 0.251 e. The molecule has 0 spiro atoms. The zero-order valence-electron chi connectivity index (χ0n) is 11.3. The highest BCUT2D eigenvalue weighted by molar-refractivity contribution is 5.94. The van der Waals surface area contributed by atoms with Gasteiger partial charge in [0.05, 0.1) is 12.7 Å². The maximum absolute atomic E-state index is 12.0. The second-order valence-corrected chi connectivity index (χ2v) is 5.10. The maximum atomic E-state index is 12.0. The van der Waals surface area contributed by atoms with Crippen molar-refractivity contribution in [2.24, 2.45) is 5.92 Å². The van der Waals surface area contributed by atoms with E-state index >= 15 is 0 Å². The summed E-state index contributed by atoms with van der Waals surface area (Å²) < 4.78 is 5.05. The van der Waals surface area contributed by atoms with E-state index in [1.165, 1.54) is 0 Å². The summed E-state index contributed by atoms with van der Waals surface area (Å²) in [5.41, 5.74) is 1.62. The van der Waals surface area contributed by atoms with E-state index in [1.807, 2.05) is 18.2 Å². The summed E-state index contributed by atoms with van der Waals surface area (Å²) in [6.45, 7) is 1.05. The number of carbonyl (C=O) groups excluding carboxylic acids is 1. The van der Waals surface area contributed by atoms with Gasteiger partial charge in [-0.2, -0.15) is 0 Å². The Morgan fingerprint density at radius 1 is 1.47 bits per heavy atom. The van der Waals surface area contributed by atoms with Crippen molar-refractivity contribution in [3.8, 4) is 0 Å². The molecular weight excluding hydrogens is 242 g/mol. The first-order chi connectivity index (χ1) is 9.20. The molecule has 1 aromatic rings. The molecule has 104 valence electrons. The van der Waals surface area contributed by atoms with Gasteiger partial charge in [0.2, 0.25) is 0 Å². The van der Waals surface area contributed by atoms with Gasteiger partial charge in [-0.1, -0.05) is 18.6 Å². The molecule has 4 heteroatoms. The molecule has 1 amide bonds. The molecule has 2 rings (SSSR count). The zero-order chi connectivity index (χ0) is 13.7. The normalized spacial score (nSPS) is 22.4. The Balaban J connectivity index is 1.90. The van der Waals surface area contributed by atoms with E-state index < -0.39 is 0 Å². The predicted octanol–water partition coefficient (Wildman–Crippen LogP) is 1.72. The van der Waals surface area contributed by atoms with Crippen LogP contribution in [0.25, 0.3) is 0 Å². The number of nitrogens with one attached hydrogen (secondary N) is 1. The number of rotatable bonds is 5. The van der Waals surface area contributed by atoms with E-state index in [2.05, 4.69) is 5.32 Å². The highest BCUT2D eigenvalue weighted by Crippen LogP contribution is 2.24. The monoisotopic (exact) mass is 263 g/mol. The molecule has 1 aromatic carbocycles. The van der Waals surface area contributed by atoms with E-state index in [0.717, 1.165) is 24.8 Å². The van der Waals surface area contributed by atoms with E-state index in [4.69, 9.17) is 4.74 Å². The summed E-state index contributed by atoms with van der Waals surface area (Å²) in [6, 6.07) is 7.41. The quantitative estimate of drug-likeness (QED) is 0.850.